The summed E-state index contributed by atoms with van der Waals surface area (Å²) in [5.74, 6) is -0.0493. The SMILES string of the molecule is Cc1cc(C(O)C(C)c2ccccn2)ccc1Cl. The van der Waals surface area contributed by atoms with Gasteiger partial charge in [-0.3, -0.25) is 4.98 Å². The van der Waals surface area contributed by atoms with Crippen molar-refractivity contribution in [1.29, 1.82) is 0 Å². The van der Waals surface area contributed by atoms with E-state index in [1.54, 1.807) is 6.20 Å². The molecule has 1 heterocycles. The van der Waals surface area contributed by atoms with Gasteiger partial charge < -0.3 is 5.11 Å². The number of aromatic nitrogens is 1. The lowest BCUT2D eigenvalue weighted by Crippen LogP contribution is -2.09. The van der Waals surface area contributed by atoms with Crippen LogP contribution in [-0.4, -0.2) is 10.1 Å². The van der Waals surface area contributed by atoms with Crippen molar-refractivity contribution in [1.82, 2.24) is 4.98 Å². The summed E-state index contributed by atoms with van der Waals surface area (Å²) in [6, 6.07) is 11.3. The molecule has 1 N–H and O–H groups in total. The van der Waals surface area contributed by atoms with Gasteiger partial charge in [0.1, 0.15) is 0 Å². The summed E-state index contributed by atoms with van der Waals surface area (Å²) < 4.78 is 0. The second-order valence-corrected chi connectivity index (χ2v) is 4.90. The number of hydrogen-bond donors (Lipinski definition) is 1. The minimum Gasteiger partial charge on any atom is -0.388 e. The predicted octanol–water partition coefficient (Wildman–Crippen LogP) is 3.88. The van der Waals surface area contributed by atoms with Gasteiger partial charge in [-0.15, -0.1) is 0 Å². The third-order valence-corrected chi connectivity index (χ3v) is 3.58. The fourth-order valence-corrected chi connectivity index (χ4v) is 2.07. The Morgan fingerprint density at radius 2 is 2.00 bits per heavy atom. The molecule has 3 heteroatoms. The molecule has 0 aliphatic heterocycles. The van der Waals surface area contributed by atoms with Crippen LogP contribution in [0.3, 0.4) is 0 Å². The molecule has 0 spiro atoms. The van der Waals surface area contributed by atoms with Crippen LogP contribution in [0, 0.1) is 6.92 Å². The summed E-state index contributed by atoms with van der Waals surface area (Å²) >= 11 is 5.99. The van der Waals surface area contributed by atoms with E-state index in [-0.39, 0.29) is 5.92 Å². The highest BCUT2D eigenvalue weighted by Gasteiger charge is 2.19. The van der Waals surface area contributed by atoms with E-state index in [2.05, 4.69) is 4.98 Å². The van der Waals surface area contributed by atoms with E-state index in [1.807, 2.05) is 50.2 Å². The average Bonchev–Trinajstić information content (AvgIpc) is 2.41. The minimum atomic E-state index is -0.573. The molecule has 18 heavy (non-hydrogen) atoms. The maximum atomic E-state index is 10.4. The van der Waals surface area contributed by atoms with Crippen LogP contribution in [0.15, 0.2) is 42.6 Å². The van der Waals surface area contributed by atoms with Crippen molar-refractivity contribution < 1.29 is 5.11 Å². The van der Waals surface area contributed by atoms with E-state index in [9.17, 15) is 5.11 Å². The maximum Gasteiger partial charge on any atom is 0.0871 e. The monoisotopic (exact) mass is 261 g/mol. The molecule has 1 aromatic carbocycles. The van der Waals surface area contributed by atoms with Gasteiger partial charge in [-0.1, -0.05) is 36.7 Å². The number of pyridine rings is 1. The summed E-state index contributed by atoms with van der Waals surface area (Å²) in [7, 11) is 0. The van der Waals surface area contributed by atoms with Crippen LogP contribution in [0.2, 0.25) is 5.02 Å². The van der Waals surface area contributed by atoms with Crippen LogP contribution in [0.5, 0.6) is 0 Å². The zero-order chi connectivity index (χ0) is 13.1. The molecule has 0 aliphatic rings. The first-order valence-electron chi connectivity index (χ1n) is 5.94. The molecule has 2 unspecified atom stereocenters. The second kappa shape index (κ2) is 5.51. The third-order valence-electron chi connectivity index (χ3n) is 3.15. The van der Waals surface area contributed by atoms with Crippen molar-refractivity contribution >= 4 is 11.6 Å². The summed E-state index contributed by atoms with van der Waals surface area (Å²) in [6.07, 6.45) is 1.17. The molecule has 2 rings (SSSR count). The van der Waals surface area contributed by atoms with Crippen molar-refractivity contribution in [2.75, 3.05) is 0 Å². The van der Waals surface area contributed by atoms with Crippen molar-refractivity contribution in [3.63, 3.8) is 0 Å². The Morgan fingerprint density at radius 3 is 2.61 bits per heavy atom. The van der Waals surface area contributed by atoms with Crippen molar-refractivity contribution in [3.8, 4) is 0 Å². The lowest BCUT2D eigenvalue weighted by Gasteiger charge is -2.19. The highest BCUT2D eigenvalue weighted by molar-refractivity contribution is 6.31. The van der Waals surface area contributed by atoms with E-state index in [0.717, 1.165) is 21.8 Å². The Labute approximate surface area is 112 Å². The molecule has 94 valence electrons. The van der Waals surface area contributed by atoms with Gasteiger partial charge in [0.15, 0.2) is 0 Å². The number of benzene rings is 1. The highest BCUT2D eigenvalue weighted by Crippen LogP contribution is 2.30. The quantitative estimate of drug-likeness (QED) is 0.910. The maximum absolute atomic E-state index is 10.4. The zero-order valence-electron chi connectivity index (χ0n) is 10.5. The molecule has 2 atom stereocenters. The number of nitrogens with zero attached hydrogens (tertiary/aromatic N) is 1. The van der Waals surface area contributed by atoms with Crippen molar-refractivity contribution in [2.45, 2.75) is 25.9 Å². The first kappa shape index (κ1) is 13.1. The Bertz CT molecular complexity index is 527. The largest absolute Gasteiger partial charge is 0.388 e. The van der Waals surface area contributed by atoms with Crippen molar-refractivity contribution in [3.05, 3.63) is 64.4 Å². The van der Waals surface area contributed by atoms with Gasteiger partial charge in [0.05, 0.1) is 6.10 Å². The van der Waals surface area contributed by atoms with E-state index < -0.39 is 6.10 Å². The minimum absolute atomic E-state index is 0.0493. The van der Waals surface area contributed by atoms with Gasteiger partial charge in [0.2, 0.25) is 0 Å². The van der Waals surface area contributed by atoms with E-state index >= 15 is 0 Å². The van der Waals surface area contributed by atoms with Crippen LogP contribution < -0.4 is 0 Å². The van der Waals surface area contributed by atoms with Crippen LogP contribution in [0.4, 0.5) is 0 Å². The van der Waals surface area contributed by atoms with Gasteiger partial charge in [0.25, 0.3) is 0 Å². The highest BCUT2D eigenvalue weighted by atomic mass is 35.5. The van der Waals surface area contributed by atoms with Crippen LogP contribution in [-0.2, 0) is 0 Å². The predicted molar refractivity (Wildman–Crippen MR) is 73.8 cm³/mol. The molecule has 1 aromatic heterocycles. The molecular formula is C15H16ClNO. The summed E-state index contributed by atoms with van der Waals surface area (Å²) in [5.41, 5.74) is 2.73. The Kier molecular flexibility index (Phi) is 4.00. The molecule has 0 radical (unpaired) electrons. The molecule has 0 aliphatic carbocycles. The lowest BCUT2D eigenvalue weighted by atomic mass is 9.93. The fourth-order valence-electron chi connectivity index (χ4n) is 1.95. The number of aliphatic hydroxyl groups excluding tert-OH is 1. The smallest absolute Gasteiger partial charge is 0.0871 e. The lowest BCUT2D eigenvalue weighted by molar-refractivity contribution is 0.150. The molecule has 0 amide bonds. The Balaban J connectivity index is 2.25. The topological polar surface area (TPSA) is 33.1 Å². The van der Waals surface area contributed by atoms with Crippen LogP contribution >= 0.6 is 11.6 Å². The molecule has 2 aromatic rings. The summed E-state index contributed by atoms with van der Waals surface area (Å²) in [6.45, 7) is 3.90. The molecule has 0 fully saturated rings. The third kappa shape index (κ3) is 2.71. The molecule has 2 nitrogen and oxygen atoms in total. The van der Waals surface area contributed by atoms with Gasteiger partial charge in [0, 0.05) is 22.8 Å². The van der Waals surface area contributed by atoms with Crippen molar-refractivity contribution in [2.24, 2.45) is 0 Å². The number of halogens is 1. The van der Waals surface area contributed by atoms with Gasteiger partial charge in [-0.25, -0.2) is 0 Å². The molecule has 0 saturated heterocycles. The molecular weight excluding hydrogens is 246 g/mol. The van der Waals surface area contributed by atoms with Gasteiger partial charge >= 0.3 is 0 Å². The zero-order valence-corrected chi connectivity index (χ0v) is 11.2. The van der Waals surface area contributed by atoms with E-state index in [4.69, 9.17) is 11.6 Å². The summed E-state index contributed by atoms with van der Waals surface area (Å²) in [5, 5.41) is 11.1. The summed E-state index contributed by atoms with van der Waals surface area (Å²) in [4.78, 5) is 4.28. The van der Waals surface area contributed by atoms with Gasteiger partial charge in [-0.2, -0.15) is 0 Å². The first-order valence-corrected chi connectivity index (χ1v) is 6.32. The van der Waals surface area contributed by atoms with Crippen LogP contribution in [0.1, 0.15) is 35.8 Å². The fraction of sp³-hybridized carbons (Fsp3) is 0.267. The van der Waals surface area contributed by atoms with Gasteiger partial charge in [-0.05, 0) is 36.2 Å². The first-order chi connectivity index (χ1) is 8.59. The average molecular weight is 262 g/mol. The number of aryl methyl sites for hydroxylation is 1. The normalized spacial score (nSPS) is 14.2. The number of rotatable bonds is 3. The second-order valence-electron chi connectivity index (χ2n) is 4.50. The van der Waals surface area contributed by atoms with E-state index in [1.165, 1.54) is 0 Å². The van der Waals surface area contributed by atoms with Crippen LogP contribution in [0.25, 0.3) is 0 Å². The molecule has 0 bridgehead atoms. The molecule has 0 saturated carbocycles. The Hall–Kier alpha value is -1.38. The van der Waals surface area contributed by atoms with E-state index in [0.29, 0.717) is 0 Å². The Morgan fingerprint density at radius 1 is 1.22 bits per heavy atom. The number of aliphatic hydroxyl groups is 1. The number of hydrogen-bond acceptors (Lipinski definition) is 2. The standard InChI is InChI=1S/C15H16ClNO/c1-10-9-12(6-7-13(10)16)15(18)11(2)14-5-3-4-8-17-14/h3-9,11,15,18H,1-2H3.